The molecule has 1 saturated heterocycles. The largest absolute Gasteiger partial charge is 0.356 e. The SMILES string of the molecule is CCCNCc1ccc(N2CC3CCCC3C2)nc1C. The fraction of sp³-hybridized carbons (Fsp3) is 0.706. The van der Waals surface area contributed by atoms with E-state index in [1.165, 1.54) is 55.8 Å². The smallest absolute Gasteiger partial charge is 0.128 e. The number of pyridine rings is 1. The highest BCUT2D eigenvalue weighted by atomic mass is 15.2. The molecule has 1 aromatic rings. The summed E-state index contributed by atoms with van der Waals surface area (Å²) < 4.78 is 0. The molecule has 1 N–H and O–H groups in total. The molecule has 0 bridgehead atoms. The molecule has 2 heterocycles. The number of hydrogen-bond donors (Lipinski definition) is 1. The molecular formula is C17H27N3. The van der Waals surface area contributed by atoms with Gasteiger partial charge in [0.1, 0.15) is 5.82 Å². The molecule has 0 amide bonds. The molecule has 1 aliphatic carbocycles. The van der Waals surface area contributed by atoms with Gasteiger partial charge in [0.25, 0.3) is 0 Å². The predicted octanol–water partition coefficient (Wildman–Crippen LogP) is 3.13. The van der Waals surface area contributed by atoms with Crippen LogP contribution in [0.15, 0.2) is 12.1 Å². The van der Waals surface area contributed by atoms with Gasteiger partial charge in [-0.25, -0.2) is 4.98 Å². The van der Waals surface area contributed by atoms with Crippen LogP contribution in [0.1, 0.15) is 43.9 Å². The number of nitrogens with zero attached hydrogens (tertiary/aromatic N) is 2. The van der Waals surface area contributed by atoms with Crippen LogP contribution < -0.4 is 10.2 Å². The molecule has 0 aromatic carbocycles. The summed E-state index contributed by atoms with van der Waals surface area (Å²) in [5, 5.41) is 3.46. The summed E-state index contributed by atoms with van der Waals surface area (Å²) in [6.45, 7) is 8.82. The Kier molecular flexibility index (Phi) is 4.25. The first-order valence-corrected chi connectivity index (χ1v) is 8.20. The van der Waals surface area contributed by atoms with Crippen molar-refractivity contribution in [2.75, 3.05) is 24.5 Å². The Bertz CT molecular complexity index is 446. The van der Waals surface area contributed by atoms with Crippen molar-refractivity contribution in [3.05, 3.63) is 23.4 Å². The molecule has 1 aromatic heterocycles. The maximum Gasteiger partial charge on any atom is 0.128 e. The fourth-order valence-electron chi connectivity index (χ4n) is 3.76. The molecule has 2 aliphatic rings. The Morgan fingerprint density at radius 3 is 2.65 bits per heavy atom. The van der Waals surface area contributed by atoms with Crippen LogP contribution in [0.5, 0.6) is 0 Å². The third-order valence-corrected chi connectivity index (χ3v) is 4.97. The minimum absolute atomic E-state index is 0.933. The first kappa shape index (κ1) is 13.9. The van der Waals surface area contributed by atoms with Gasteiger partial charge in [-0.05, 0) is 56.2 Å². The van der Waals surface area contributed by atoms with Crippen molar-refractivity contribution in [3.8, 4) is 0 Å². The van der Waals surface area contributed by atoms with Crippen molar-refractivity contribution in [2.45, 2.75) is 46.1 Å². The van der Waals surface area contributed by atoms with E-state index in [2.05, 4.69) is 36.2 Å². The third-order valence-electron chi connectivity index (χ3n) is 4.97. The second-order valence-electron chi connectivity index (χ2n) is 6.45. The van der Waals surface area contributed by atoms with Crippen molar-refractivity contribution < 1.29 is 0 Å². The quantitative estimate of drug-likeness (QED) is 0.835. The maximum absolute atomic E-state index is 4.85. The van der Waals surface area contributed by atoms with Gasteiger partial charge in [0, 0.05) is 25.3 Å². The fourth-order valence-corrected chi connectivity index (χ4v) is 3.76. The van der Waals surface area contributed by atoms with Gasteiger partial charge in [-0.3, -0.25) is 0 Å². The molecule has 2 fully saturated rings. The summed E-state index contributed by atoms with van der Waals surface area (Å²) in [7, 11) is 0. The second-order valence-corrected chi connectivity index (χ2v) is 6.45. The summed E-state index contributed by atoms with van der Waals surface area (Å²) >= 11 is 0. The van der Waals surface area contributed by atoms with Gasteiger partial charge >= 0.3 is 0 Å². The molecule has 0 radical (unpaired) electrons. The molecule has 1 saturated carbocycles. The normalized spacial score (nSPS) is 25.2. The van der Waals surface area contributed by atoms with E-state index >= 15 is 0 Å². The summed E-state index contributed by atoms with van der Waals surface area (Å²) in [4.78, 5) is 7.35. The van der Waals surface area contributed by atoms with E-state index < -0.39 is 0 Å². The highest BCUT2D eigenvalue weighted by Crippen LogP contribution is 2.39. The van der Waals surface area contributed by atoms with E-state index in [1.54, 1.807) is 0 Å². The molecule has 3 rings (SSSR count). The Morgan fingerprint density at radius 1 is 1.25 bits per heavy atom. The van der Waals surface area contributed by atoms with Gasteiger partial charge in [-0.15, -0.1) is 0 Å². The summed E-state index contributed by atoms with van der Waals surface area (Å²) in [6.07, 6.45) is 5.48. The predicted molar refractivity (Wildman–Crippen MR) is 84.0 cm³/mol. The maximum atomic E-state index is 4.85. The van der Waals surface area contributed by atoms with Crippen LogP contribution in [0.2, 0.25) is 0 Å². The summed E-state index contributed by atoms with van der Waals surface area (Å²) in [5.41, 5.74) is 2.52. The molecular weight excluding hydrogens is 246 g/mol. The average Bonchev–Trinajstić information content (AvgIpc) is 3.01. The van der Waals surface area contributed by atoms with Crippen LogP contribution in [0.25, 0.3) is 0 Å². The zero-order chi connectivity index (χ0) is 13.9. The van der Waals surface area contributed by atoms with Gasteiger partial charge < -0.3 is 10.2 Å². The van der Waals surface area contributed by atoms with E-state index in [1.807, 2.05) is 0 Å². The standard InChI is InChI=1S/C17H27N3/c1-3-9-18-10-14-7-8-17(19-13(14)2)20-11-15-5-4-6-16(15)12-20/h7-8,15-16,18H,3-6,9-12H2,1-2H3. The molecule has 20 heavy (non-hydrogen) atoms. The van der Waals surface area contributed by atoms with Gasteiger partial charge in [0.2, 0.25) is 0 Å². The van der Waals surface area contributed by atoms with Crippen LogP contribution in [-0.4, -0.2) is 24.6 Å². The van der Waals surface area contributed by atoms with Crippen LogP contribution in [-0.2, 0) is 6.54 Å². The highest BCUT2D eigenvalue weighted by Gasteiger charge is 2.36. The van der Waals surface area contributed by atoms with Crippen molar-refractivity contribution in [1.82, 2.24) is 10.3 Å². The first-order valence-electron chi connectivity index (χ1n) is 8.20. The second kappa shape index (κ2) is 6.13. The number of aryl methyl sites for hydroxylation is 1. The minimum Gasteiger partial charge on any atom is -0.356 e. The number of aromatic nitrogens is 1. The van der Waals surface area contributed by atoms with Gasteiger partial charge in [-0.2, -0.15) is 0 Å². The van der Waals surface area contributed by atoms with E-state index in [-0.39, 0.29) is 0 Å². The summed E-state index contributed by atoms with van der Waals surface area (Å²) in [6, 6.07) is 4.48. The van der Waals surface area contributed by atoms with E-state index in [4.69, 9.17) is 4.98 Å². The number of hydrogen-bond acceptors (Lipinski definition) is 3. The zero-order valence-electron chi connectivity index (χ0n) is 12.9. The topological polar surface area (TPSA) is 28.2 Å². The lowest BCUT2D eigenvalue weighted by Gasteiger charge is -2.19. The van der Waals surface area contributed by atoms with Crippen LogP contribution in [0.3, 0.4) is 0 Å². The highest BCUT2D eigenvalue weighted by molar-refractivity contribution is 5.43. The lowest BCUT2D eigenvalue weighted by molar-refractivity contribution is 0.494. The van der Waals surface area contributed by atoms with Crippen molar-refractivity contribution in [2.24, 2.45) is 11.8 Å². The Balaban J connectivity index is 1.65. The molecule has 3 nitrogen and oxygen atoms in total. The Hall–Kier alpha value is -1.09. The number of rotatable bonds is 5. The Labute approximate surface area is 122 Å². The lowest BCUT2D eigenvalue weighted by Crippen LogP contribution is -2.22. The van der Waals surface area contributed by atoms with Crippen molar-refractivity contribution >= 4 is 5.82 Å². The summed E-state index contributed by atoms with van der Waals surface area (Å²) in [5.74, 6) is 3.06. The van der Waals surface area contributed by atoms with Crippen molar-refractivity contribution in [3.63, 3.8) is 0 Å². The van der Waals surface area contributed by atoms with E-state index in [9.17, 15) is 0 Å². The van der Waals surface area contributed by atoms with Crippen LogP contribution in [0.4, 0.5) is 5.82 Å². The molecule has 110 valence electrons. The lowest BCUT2D eigenvalue weighted by atomic mass is 10.0. The van der Waals surface area contributed by atoms with E-state index in [0.29, 0.717) is 0 Å². The van der Waals surface area contributed by atoms with Crippen molar-refractivity contribution in [1.29, 1.82) is 0 Å². The molecule has 0 spiro atoms. The molecule has 2 atom stereocenters. The van der Waals surface area contributed by atoms with Crippen LogP contribution >= 0.6 is 0 Å². The molecule has 3 heteroatoms. The number of fused-ring (bicyclic) bond motifs is 1. The zero-order valence-corrected chi connectivity index (χ0v) is 12.9. The minimum atomic E-state index is 0.933. The monoisotopic (exact) mass is 273 g/mol. The average molecular weight is 273 g/mol. The van der Waals surface area contributed by atoms with Gasteiger partial charge in [0.15, 0.2) is 0 Å². The molecule has 1 aliphatic heterocycles. The third kappa shape index (κ3) is 2.83. The van der Waals surface area contributed by atoms with Gasteiger partial charge in [0.05, 0.1) is 0 Å². The number of anilines is 1. The van der Waals surface area contributed by atoms with E-state index in [0.717, 1.165) is 24.9 Å². The number of nitrogens with one attached hydrogen (secondary N) is 1. The molecule has 2 unspecified atom stereocenters. The van der Waals surface area contributed by atoms with Crippen LogP contribution in [0, 0.1) is 18.8 Å². The Morgan fingerprint density at radius 2 is 2.00 bits per heavy atom. The first-order chi connectivity index (χ1) is 9.78. The van der Waals surface area contributed by atoms with Gasteiger partial charge in [-0.1, -0.05) is 19.4 Å².